The van der Waals surface area contributed by atoms with Crippen LogP contribution in [0.5, 0.6) is 0 Å². The SMILES string of the molecule is CC1OCCC1Sc1cc([N+](=O)[O-])cc(Cl)n1. The molecule has 7 heteroatoms. The first-order valence-electron chi connectivity index (χ1n) is 5.16. The highest BCUT2D eigenvalue weighted by Crippen LogP contribution is 2.33. The number of hydrogen-bond acceptors (Lipinski definition) is 5. The Bertz CT molecular complexity index is 444. The first-order valence-corrected chi connectivity index (χ1v) is 6.42. The zero-order valence-electron chi connectivity index (χ0n) is 9.13. The van der Waals surface area contributed by atoms with Gasteiger partial charge < -0.3 is 4.74 Å². The number of ether oxygens (including phenoxy) is 1. The van der Waals surface area contributed by atoms with E-state index in [4.69, 9.17) is 16.3 Å². The number of halogens is 1. The molecule has 0 amide bonds. The molecule has 0 saturated carbocycles. The Balaban J connectivity index is 2.17. The highest BCUT2D eigenvalue weighted by Gasteiger charge is 2.26. The fourth-order valence-corrected chi connectivity index (χ4v) is 3.04. The molecule has 2 rings (SSSR count). The quantitative estimate of drug-likeness (QED) is 0.482. The van der Waals surface area contributed by atoms with E-state index in [1.807, 2.05) is 6.92 Å². The van der Waals surface area contributed by atoms with E-state index in [2.05, 4.69) is 4.98 Å². The van der Waals surface area contributed by atoms with Crippen LogP contribution >= 0.6 is 23.4 Å². The van der Waals surface area contributed by atoms with Gasteiger partial charge in [0.25, 0.3) is 5.69 Å². The molecule has 5 nitrogen and oxygen atoms in total. The summed E-state index contributed by atoms with van der Waals surface area (Å²) < 4.78 is 5.43. The van der Waals surface area contributed by atoms with Crippen molar-refractivity contribution in [3.8, 4) is 0 Å². The number of hydrogen-bond donors (Lipinski definition) is 0. The van der Waals surface area contributed by atoms with Crippen LogP contribution < -0.4 is 0 Å². The fourth-order valence-electron chi connectivity index (χ4n) is 1.65. The zero-order valence-corrected chi connectivity index (χ0v) is 10.7. The summed E-state index contributed by atoms with van der Waals surface area (Å²) in [6.07, 6.45) is 1.06. The van der Waals surface area contributed by atoms with Gasteiger partial charge in [-0.05, 0) is 13.3 Å². The van der Waals surface area contributed by atoms with Gasteiger partial charge in [-0.2, -0.15) is 0 Å². The van der Waals surface area contributed by atoms with Gasteiger partial charge in [-0.1, -0.05) is 23.4 Å². The minimum Gasteiger partial charge on any atom is -0.377 e. The molecule has 0 radical (unpaired) electrons. The highest BCUT2D eigenvalue weighted by atomic mass is 35.5. The third kappa shape index (κ3) is 3.08. The summed E-state index contributed by atoms with van der Waals surface area (Å²) in [4.78, 5) is 14.3. The monoisotopic (exact) mass is 274 g/mol. The van der Waals surface area contributed by atoms with Crippen molar-refractivity contribution in [3.05, 3.63) is 27.4 Å². The minimum atomic E-state index is -0.466. The molecular weight excluding hydrogens is 264 g/mol. The Kier molecular flexibility index (Phi) is 3.86. The van der Waals surface area contributed by atoms with E-state index in [0.717, 1.165) is 13.0 Å². The second kappa shape index (κ2) is 5.20. The Morgan fingerprint density at radius 3 is 3.00 bits per heavy atom. The minimum absolute atomic E-state index is 0.0286. The normalized spacial score (nSPS) is 23.9. The molecule has 1 aliphatic rings. The summed E-state index contributed by atoms with van der Waals surface area (Å²) in [7, 11) is 0. The molecule has 0 aliphatic carbocycles. The average Bonchev–Trinajstić information content (AvgIpc) is 2.63. The van der Waals surface area contributed by atoms with Gasteiger partial charge in [0, 0.05) is 17.9 Å². The maximum atomic E-state index is 10.7. The van der Waals surface area contributed by atoms with Crippen LogP contribution in [0.1, 0.15) is 13.3 Å². The van der Waals surface area contributed by atoms with Crippen LogP contribution in [0.15, 0.2) is 17.2 Å². The lowest BCUT2D eigenvalue weighted by molar-refractivity contribution is -0.385. The maximum Gasteiger partial charge on any atom is 0.275 e. The Morgan fingerprint density at radius 1 is 1.65 bits per heavy atom. The molecule has 0 aromatic carbocycles. The maximum absolute atomic E-state index is 10.7. The van der Waals surface area contributed by atoms with Crippen molar-refractivity contribution in [1.82, 2.24) is 4.98 Å². The van der Waals surface area contributed by atoms with Crippen LogP contribution in [0.3, 0.4) is 0 Å². The molecule has 1 saturated heterocycles. The molecule has 92 valence electrons. The number of rotatable bonds is 3. The van der Waals surface area contributed by atoms with E-state index < -0.39 is 4.92 Å². The number of pyridine rings is 1. The highest BCUT2D eigenvalue weighted by molar-refractivity contribution is 7.99. The third-order valence-corrected chi connectivity index (χ3v) is 4.11. The number of thioether (sulfide) groups is 1. The van der Waals surface area contributed by atoms with Crippen molar-refractivity contribution in [2.45, 2.75) is 29.7 Å². The topological polar surface area (TPSA) is 65.3 Å². The van der Waals surface area contributed by atoms with E-state index in [-0.39, 0.29) is 22.2 Å². The summed E-state index contributed by atoms with van der Waals surface area (Å²) in [5, 5.41) is 11.7. The van der Waals surface area contributed by atoms with Gasteiger partial charge in [0.1, 0.15) is 10.2 Å². The summed E-state index contributed by atoms with van der Waals surface area (Å²) in [6.45, 7) is 2.71. The molecule has 1 aromatic heterocycles. The van der Waals surface area contributed by atoms with Crippen molar-refractivity contribution in [1.29, 1.82) is 0 Å². The second-order valence-electron chi connectivity index (χ2n) is 3.76. The van der Waals surface area contributed by atoms with Crippen molar-refractivity contribution in [2.75, 3.05) is 6.61 Å². The van der Waals surface area contributed by atoms with Crippen LogP contribution in [0.2, 0.25) is 5.15 Å². The summed E-state index contributed by atoms with van der Waals surface area (Å²) in [6, 6.07) is 2.70. The first kappa shape index (κ1) is 12.6. The van der Waals surface area contributed by atoms with E-state index in [0.29, 0.717) is 5.03 Å². The number of aromatic nitrogens is 1. The van der Waals surface area contributed by atoms with Crippen LogP contribution in [-0.4, -0.2) is 27.9 Å². The van der Waals surface area contributed by atoms with Crippen molar-refractivity contribution in [3.63, 3.8) is 0 Å². The molecular formula is C10H11ClN2O3S. The van der Waals surface area contributed by atoms with E-state index in [1.165, 1.54) is 23.9 Å². The van der Waals surface area contributed by atoms with Gasteiger partial charge >= 0.3 is 0 Å². The van der Waals surface area contributed by atoms with Gasteiger partial charge in [0.05, 0.1) is 17.1 Å². The summed E-state index contributed by atoms with van der Waals surface area (Å²) >= 11 is 7.24. The molecule has 2 atom stereocenters. The van der Waals surface area contributed by atoms with Gasteiger partial charge in [0.15, 0.2) is 0 Å². The molecule has 1 aromatic rings. The standard InChI is InChI=1S/C10H11ClN2O3S/c1-6-8(2-3-16-6)17-10-5-7(13(14)15)4-9(11)12-10/h4-6,8H,2-3H2,1H3. The second-order valence-corrected chi connectivity index (χ2v) is 5.41. The van der Waals surface area contributed by atoms with Crippen molar-refractivity contribution >= 4 is 29.1 Å². The van der Waals surface area contributed by atoms with E-state index in [9.17, 15) is 10.1 Å². The third-order valence-electron chi connectivity index (χ3n) is 2.54. The van der Waals surface area contributed by atoms with Gasteiger partial charge in [-0.15, -0.1) is 0 Å². The average molecular weight is 275 g/mol. The van der Waals surface area contributed by atoms with Crippen molar-refractivity contribution < 1.29 is 9.66 Å². The zero-order chi connectivity index (χ0) is 12.4. The van der Waals surface area contributed by atoms with E-state index >= 15 is 0 Å². The van der Waals surface area contributed by atoms with Gasteiger partial charge in [-0.25, -0.2) is 4.98 Å². The van der Waals surface area contributed by atoms with E-state index in [1.54, 1.807) is 0 Å². The Morgan fingerprint density at radius 2 is 2.41 bits per heavy atom. The molecule has 2 heterocycles. The first-order chi connectivity index (χ1) is 8.06. The van der Waals surface area contributed by atoms with Crippen molar-refractivity contribution in [2.24, 2.45) is 0 Å². The van der Waals surface area contributed by atoms with Crippen LogP contribution in [0.25, 0.3) is 0 Å². The lowest BCUT2D eigenvalue weighted by Crippen LogP contribution is -2.13. The lowest BCUT2D eigenvalue weighted by atomic mass is 10.3. The predicted octanol–water partition coefficient (Wildman–Crippen LogP) is 2.91. The Labute approximate surface area is 108 Å². The van der Waals surface area contributed by atoms with Crippen LogP contribution in [0, 0.1) is 10.1 Å². The van der Waals surface area contributed by atoms with Crippen LogP contribution in [-0.2, 0) is 4.74 Å². The largest absolute Gasteiger partial charge is 0.377 e. The lowest BCUT2D eigenvalue weighted by Gasteiger charge is -2.12. The molecule has 0 N–H and O–H groups in total. The van der Waals surface area contributed by atoms with Gasteiger partial charge in [0.2, 0.25) is 0 Å². The Hall–Kier alpha value is -0.850. The molecule has 0 spiro atoms. The molecule has 1 fully saturated rings. The summed E-state index contributed by atoms with van der Waals surface area (Å²) in [5.41, 5.74) is -0.0286. The molecule has 0 bridgehead atoms. The fraction of sp³-hybridized carbons (Fsp3) is 0.500. The number of nitro groups is 1. The summed E-state index contributed by atoms with van der Waals surface area (Å²) in [5.74, 6) is 0. The molecule has 2 unspecified atom stereocenters. The van der Waals surface area contributed by atoms with Crippen LogP contribution in [0.4, 0.5) is 5.69 Å². The molecule has 17 heavy (non-hydrogen) atoms. The molecule has 1 aliphatic heterocycles. The van der Waals surface area contributed by atoms with Gasteiger partial charge in [-0.3, -0.25) is 10.1 Å². The predicted molar refractivity (Wildman–Crippen MR) is 65.6 cm³/mol. The smallest absolute Gasteiger partial charge is 0.275 e. The number of nitrogens with zero attached hydrogens (tertiary/aromatic N) is 2.